The number of carbonyl (C=O) groups is 1. The lowest BCUT2D eigenvalue weighted by Crippen LogP contribution is -2.24. The molecular weight excluding hydrogens is 222 g/mol. The maximum absolute atomic E-state index is 11.6. The second-order valence-electron chi connectivity index (χ2n) is 3.72. The third-order valence-corrected chi connectivity index (χ3v) is 3.04. The third-order valence-electron chi connectivity index (χ3n) is 2.27. The topological polar surface area (TPSA) is 46.4 Å². The van der Waals surface area contributed by atoms with E-state index in [-0.39, 0.29) is 5.78 Å². The van der Waals surface area contributed by atoms with Gasteiger partial charge >= 0.3 is 0 Å². The first-order chi connectivity index (χ1) is 7.79. The van der Waals surface area contributed by atoms with Gasteiger partial charge in [-0.05, 0) is 13.0 Å². The molecule has 0 atom stereocenters. The number of hydrogen-bond acceptors (Lipinski definition) is 4. The number of nitrogens with one attached hydrogen (secondary N) is 1. The van der Waals surface area contributed by atoms with E-state index in [1.807, 2.05) is 22.2 Å². The smallest absolute Gasteiger partial charge is 0.193 e. The van der Waals surface area contributed by atoms with Crippen LogP contribution in [0.5, 0.6) is 0 Å². The van der Waals surface area contributed by atoms with Crippen LogP contribution in [0.1, 0.15) is 19.0 Å². The first-order valence-corrected chi connectivity index (χ1v) is 6.31. The van der Waals surface area contributed by atoms with Crippen LogP contribution in [0, 0.1) is 0 Å². The second kappa shape index (κ2) is 5.23. The predicted molar refractivity (Wildman–Crippen MR) is 64.9 cm³/mol. The number of hydrogen-bond donors (Lipinski definition) is 1. The van der Waals surface area contributed by atoms with E-state index in [1.54, 1.807) is 11.3 Å². The maximum Gasteiger partial charge on any atom is 0.193 e. The van der Waals surface area contributed by atoms with Crippen LogP contribution in [0.15, 0.2) is 17.8 Å². The van der Waals surface area contributed by atoms with E-state index in [0.717, 1.165) is 23.6 Å². The van der Waals surface area contributed by atoms with Crippen molar-refractivity contribution >= 4 is 22.1 Å². The minimum absolute atomic E-state index is 0.194. The van der Waals surface area contributed by atoms with Crippen LogP contribution in [0.25, 0.3) is 4.96 Å². The monoisotopic (exact) mass is 237 g/mol. The van der Waals surface area contributed by atoms with Crippen LogP contribution < -0.4 is 5.32 Å². The molecule has 86 valence electrons. The van der Waals surface area contributed by atoms with Crippen molar-refractivity contribution in [2.24, 2.45) is 0 Å². The number of ketones is 1. The Morgan fingerprint density at radius 3 is 3.25 bits per heavy atom. The van der Waals surface area contributed by atoms with Crippen molar-refractivity contribution in [2.45, 2.75) is 19.8 Å². The molecule has 0 spiro atoms. The fraction of sp³-hybridized carbons (Fsp3) is 0.455. The fourth-order valence-corrected chi connectivity index (χ4v) is 2.25. The Kier molecular flexibility index (Phi) is 3.69. The first-order valence-electron chi connectivity index (χ1n) is 5.43. The Morgan fingerprint density at radius 2 is 2.50 bits per heavy atom. The van der Waals surface area contributed by atoms with Crippen LogP contribution in [0.2, 0.25) is 0 Å². The molecule has 0 aromatic carbocycles. The summed E-state index contributed by atoms with van der Waals surface area (Å²) in [5.41, 5.74) is 0.857. The molecule has 0 saturated heterocycles. The van der Waals surface area contributed by atoms with E-state index in [4.69, 9.17) is 0 Å². The van der Waals surface area contributed by atoms with E-state index in [2.05, 4.69) is 17.2 Å². The Bertz CT molecular complexity index is 446. The highest BCUT2D eigenvalue weighted by Crippen LogP contribution is 2.11. The molecule has 0 aliphatic carbocycles. The summed E-state index contributed by atoms with van der Waals surface area (Å²) in [5, 5.41) is 5.08. The van der Waals surface area contributed by atoms with Crippen molar-refractivity contribution < 1.29 is 4.79 Å². The van der Waals surface area contributed by atoms with Gasteiger partial charge in [-0.2, -0.15) is 0 Å². The molecule has 0 aliphatic rings. The number of imidazole rings is 1. The van der Waals surface area contributed by atoms with Crippen molar-refractivity contribution in [3.63, 3.8) is 0 Å². The second-order valence-corrected chi connectivity index (χ2v) is 4.59. The zero-order chi connectivity index (χ0) is 11.4. The Morgan fingerprint density at radius 1 is 1.62 bits per heavy atom. The SMILES string of the molecule is CCCNCC(=O)Cc1cn2ccsc2n1. The summed E-state index contributed by atoms with van der Waals surface area (Å²) in [4.78, 5) is 16.9. The van der Waals surface area contributed by atoms with Gasteiger partial charge in [0.25, 0.3) is 0 Å². The maximum atomic E-state index is 11.6. The van der Waals surface area contributed by atoms with Gasteiger partial charge in [0.05, 0.1) is 18.7 Å². The molecule has 2 rings (SSSR count). The van der Waals surface area contributed by atoms with Crippen LogP contribution >= 0.6 is 11.3 Å². The molecular formula is C11H15N3OS. The van der Waals surface area contributed by atoms with Gasteiger partial charge in [-0.25, -0.2) is 4.98 Å². The van der Waals surface area contributed by atoms with Crippen molar-refractivity contribution in [2.75, 3.05) is 13.1 Å². The van der Waals surface area contributed by atoms with Crippen LogP contribution in [0.4, 0.5) is 0 Å². The van der Waals surface area contributed by atoms with Crippen molar-refractivity contribution in [3.05, 3.63) is 23.5 Å². The average Bonchev–Trinajstić information content (AvgIpc) is 2.78. The lowest BCUT2D eigenvalue weighted by Gasteiger charge is -2.00. The number of carbonyl (C=O) groups excluding carboxylic acids is 1. The lowest BCUT2D eigenvalue weighted by atomic mass is 10.2. The molecule has 0 unspecified atom stereocenters. The largest absolute Gasteiger partial charge is 0.310 e. The quantitative estimate of drug-likeness (QED) is 0.775. The van der Waals surface area contributed by atoms with Gasteiger partial charge in [0.1, 0.15) is 0 Å². The summed E-state index contributed by atoms with van der Waals surface area (Å²) in [5.74, 6) is 0.194. The molecule has 0 aliphatic heterocycles. The van der Waals surface area contributed by atoms with Gasteiger partial charge in [-0.15, -0.1) is 11.3 Å². The van der Waals surface area contributed by atoms with Gasteiger partial charge < -0.3 is 5.32 Å². The highest BCUT2D eigenvalue weighted by molar-refractivity contribution is 7.15. The molecule has 0 saturated carbocycles. The number of nitrogens with zero attached hydrogens (tertiary/aromatic N) is 2. The highest BCUT2D eigenvalue weighted by Gasteiger charge is 2.07. The summed E-state index contributed by atoms with van der Waals surface area (Å²) in [6, 6.07) is 0. The molecule has 4 nitrogen and oxygen atoms in total. The van der Waals surface area contributed by atoms with E-state index < -0.39 is 0 Å². The average molecular weight is 237 g/mol. The molecule has 5 heteroatoms. The molecule has 2 aromatic rings. The van der Waals surface area contributed by atoms with Crippen LogP contribution in [-0.2, 0) is 11.2 Å². The number of Topliss-reactive ketones (excluding diaryl/α,β-unsaturated/α-hetero) is 1. The number of thiazole rings is 1. The Hall–Kier alpha value is -1.20. The zero-order valence-electron chi connectivity index (χ0n) is 9.27. The van der Waals surface area contributed by atoms with Gasteiger partial charge in [0, 0.05) is 17.8 Å². The zero-order valence-corrected chi connectivity index (χ0v) is 10.1. The van der Waals surface area contributed by atoms with E-state index >= 15 is 0 Å². The predicted octanol–water partition coefficient (Wildman–Crippen LogP) is 1.51. The normalized spacial score (nSPS) is 11.1. The molecule has 16 heavy (non-hydrogen) atoms. The molecule has 0 radical (unpaired) electrons. The molecule has 0 fully saturated rings. The van der Waals surface area contributed by atoms with E-state index in [1.165, 1.54) is 0 Å². The van der Waals surface area contributed by atoms with Crippen LogP contribution in [-0.4, -0.2) is 28.3 Å². The molecule has 2 heterocycles. The summed E-state index contributed by atoms with van der Waals surface area (Å²) < 4.78 is 1.95. The Balaban J connectivity index is 1.89. The number of aromatic nitrogens is 2. The van der Waals surface area contributed by atoms with Crippen molar-refractivity contribution in [1.29, 1.82) is 0 Å². The summed E-state index contributed by atoms with van der Waals surface area (Å²) in [6.07, 6.45) is 5.35. The third kappa shape index (κ3) is 2.68. The minimum Gasteiger partial charge on any atom is -0.310 e. The van der Waals surface area contributed by atoms with E-state index in [0.29, 0.717) is 13.0 Å². The fourth-order valence-electron chi connectivity index (χ4n) is 1.53. The van der Waals surface area contributed by atoms with Gasteiger partial charge in [0.15, 0.2) is 10.7 Å². The lowest BCUT2D eigenvalue weighted by molar-refractivity contribution is -0.117. The molecule has 0 bridgehead atoms. The standard InChI is InChI=1S/C11H15N3OS/c1-2-3-12-7-10(15)6-9-8-14-4-5-16-11(14)13-9/h4-5,8,12H,2-3,6-7H2,1H3. The summed E-state index contributed by atoms with van der Waals surface area (Å²) in [7, 11) is 0. The minimum atomic E-state index is 0.194. The van der Waals surface area contributed by atoms with Crippen LogP contribution in [0.3, 0.4) is 0 Å². The summed E-state index contributed by atoms with van der Waals surface area (Å²) in [6.45, 7) is 3.42. The number of rotatable bonds is 6. The van der Waals surface area contributed by atoms with Crippen molar-refractivity contribution in [1.82, 2.24) is 14.7 Å². The van der Waals surface area contributed by atoms with E-state index in [9.17, 15) is 4.79 Å². The Labute approximate surface area is 98.3 Å². The molecule has 1 N–H and O–H groups in total. The molecule has 2 aromatic heterocycles. The van der Waals surface area contributed by atoms with Gasteiger partial charge in [-0.1, -0.05) is 6.92 Å². The number of fused-ring (bicyclic) bond motifs is 1. The highest BCUT2D eigenvalue weighted by atomic mass is 32.1. The molecule has 0 amide bonds. The first kappa shape index (κ1) is 11.3. The summed E-state index contributed by atoms with van der Waals surface area (Å²) >= 11 is 1.58. The van der Waals surface area contributed by atoms with Gasteiger partial charge in [0.2, 0.25) is 0 Å². The van der Waals surface area contributed by atoms with Gasteiger partial charge in [-0.3, -0.25) is 9.20 Å². The van der Waals surface area contributed by atoms with Crippen molar-refractivity contribution in [3.8, 4) is 0 Å².